The van der Waals surface area contributed by atoms with Gasteiger partial charge in [-0.05, 0) is 19.9 Å². The number of carbonyl (C=O) groups is 1. The van der Waals surface area contributed by atoms with Crippen molar-refractivity contribution in [1.82, 2.24) is 10.1 Å². The first-order valence-electron chi connectivity index (χ1n) is 5.00. The maximum absolute atomic E-state index is 11.6. The summed E-state index contributed by atoms with van der Waals surface area (Å²) in [5.74, 6) is 0.191. The number of nitrogens with zero attached hydrogens (tertiary/aromatic N) is 1. The number of hydrogen-bond donors (Lipinski definition) is 1. The van der Waals surface area contributed by atoms with Crippen LogP contribution in [0.2, 0.25) is 5.02 Å². The van der Waals surface area contributed by atoms with E-state index in [0.717, 1.165) is 11.3 Å². The lowest BCUT2D eigenvalue weighted by Crippen LogP contribution is -2.06. The lowest BCUT2D eigenvalue weighted by molar-refractivity contribution is 0.0464. The van der Waals surface area contributed by atoms with Crippen molar-refractivity contribution in [3.63, 3.8) is 0 Å². The number of nitrogens with one attached hydrogen (secondary N) is 1. The summed E-state index contributed by atoms with van der Waals surface area (Å²) in [5, 5.41) is 4.24. The predicted molar refractivity (Wildman–Crippen MR) is 60.9 cm³/mol. The predicted octanol–water partition coefficient (Wildman–Crippen LogP) is 2.63. The van der Waals surface area contributed by atoms with Crippen LogP contribution in [0.1, 0.15) is 27.5 Å². The van der Waals surface area contributed by atoms with Gasteiger partial charge in [0, 0.05) is 6.20 Å². The zero-order valence-electron chi connectivity index (χ0n) is 9.41. The van der Waals surface area contributed by atoms with E-state index >= 15 is 0 Å². The molecule has 0 saturated carbocycles. The molecule has 0 fully saturated rings. The molecule has 0 aliphatic carbocycles. The minimum atomic E-state index is -0.461. The lowest BCUT2D eigenvalue weighted by Gasteiger charge is -2.02. The highest BCUT2D eigenvalue weighted by atomic mass is 35.5. The van der Waals surface area contributed by atoms with Gasteiger partial charge < -0.3 is 14.2 Å². The fraction of sp³-hybridized carbons (Fsp3) is 0.273. The maximum Gasteiger partial charge on any atom is 0.355 e. The zero-order valence-corrected chi connectivity index (χ0v) is 10.2. The van der Waals surface area contributed by atoms with Gasteiger partial charge >= 0.3 is 5.97 Å². The molecule has 0 unspecified atom stereocenters. The molecular weight excluding hydrogens is 244 g/mol. The van der Waals surface area contributed by atoms with Crippen molar-refractivity contribution in [3.05, 3.63) is 40.0 Å². The molecule has 2 aromatic heterocycles. The number of halogens is 1. The van der Waals surface area contributed by atoms with E-state index < -0.39 is 5.97 Å². The van der Waals surface area contributed by atoms with E-state index in [-0.39, 0.29) is 6.61 Å². The van der Waals surface area contributed by atoms with E-state index in [1.807, 2.05) is 0 Å². The van der Waals surface area contributed by atoms with Crippen LogP contribution in [0.25, 0.3) is 0 Å². The Balaban J connectivity index is 2.02. The van der Waals surface area contributed by atoms with Crippen molar-refractivity contribution in [3.8, 4) is 0 Å². The van der Waals surface area contributed by atoms with Gasteiger partial charge in [0.15, 0.2) is 0 Å². The Morgan fingerprint density at radius 2 is 2.35 bits per heavy atom. The van der Waals surface area contributed by atoms with Crippen molar-refractivity contribution in [2.24, 2.45) is 0 Å². The standard InChI is InChI=1S/C11H11ClN2O3/c1-6-9(7(2)17-14-6)5-16-11(15)10-3-8(12)4-13-10/h3-4,13H,5H2,1-2H3. The SMILES string of the molecule is Cc1noc(C)c1COC(=O)c1cc(Cl)c[nH]1. The maximum atomic E-state index is 11.6. The topological polar surface area (TPSA) is 68.1 Å². The van der Waals surface area contributed by atoms with Crippen LogP contribution in [0.4, 0.5) is 0 Å². The van der Waals surface area contributed by atoms with Gasteiger partial charge in [-0.15, -0.1) is 0 Å². The summed E-state index contributed by atoms with van der Waals surface area (Å²) in [6.07, 6.45) is 1.52. The van der Waals surface area contributed by atoms with Crippen LogP contribution in [-0.4, -0.2) is 16.1 Å². The highest BCUT2D eigenvalue weighted by molar-refractivity contribution is 6.30. The first-order valence-corrected chi connectivity index (χ1v) is 5.38. The van der Waals surface area contributed by atoms with E-state index in [1.54, 1.807) is 13.8 Å². The number of carbonyl (C=O) groups excluding carboxylic acids is 1. The van der Waals surface area contributed by atoms with Crippen LogP contribution < -0.4 is 0 Å². The normalized spacial score (nSPS) is 10.5. The van der Waals surface area contributed by atoms with Crippen molar-refractivity contribution < 1.29 is 14.1 Å². The van der Waals surface area contributed by atoms with Crippen molar-refractivity contribution in [2.75, 3.05) is 0 Å². The summed E-state index contributed by atoms with van der Waals surface area (Å²) in [4.78, 5) is 14.3. The van der Waals surface area contributed by atoms with Crippen LogP contribution >= 0.6 is 11.6 Å². The average Bonchev–Trinajstić information content (AvgIpc) is 2.84. The van der Waals surface area contributed by atoms with Crippen LogP contribution in [0.3, 0.4) is 0 Å². The summed E-state index contributed by atoms with van der Waals surface area (Å²) in [5.41, 5.74) is 1.83. The fourth-order valence-corrected chi connectivity index (χ4v) is 1.57. The molecule has 6 heteroatoms. The third kappa shape index (κ3) is 2.50. The van der Waals surface area contributed by atoms with Crippen LogP contribution in [0.15, 0.2) is 16.8 Å². The number of aromatic nitrogens is 2. The van der Waals surface area contributed by atoms with Gasteiger partial charge in [0.05, 0.1) is 16.3 Å². The monoisotopic (exact) mass is 254 g/mol. The van der Waals surface area contributed by atoms with Gasteiger partial charge in [0.2, 0.25) is 0 Å². The molecule has 0 aliphatic heterocycles. The lowest BCUT2D eigenvalue weighted by atomic mass is 10.2. The molecule has 90 valence electrons. The van der Waals surface area contributed by atoms with Gasteiger partial charge in [-0.25, -0.2) is 4.79 Å². The molecular formula is C11H11ClN2O3. The smallest absolute Gasteiger partial charge is 0.355 e. The molecule has 0 aliphatic rings. The van der Waals surface area contributed by atoms with Gasteiger partial charge in [0.1, 0.15) is 18.1 Å². The number of hydrogen-bond acceptors (Lipinski definition) is 4. The summed E-state index contributed by atoms with van der Waals surface area (Å²) in [6.45, 7) is 3.70. The molecule has 0 bridgehead atoms. The first kappa shape index (κ1) is 11.7. The third-order valence-corrected chi connectivity index (χ3v) is 2.61. The Morgan fingerprint density at radius 3 is 2.88 bits per heavy atom. The number of aromatic amines is 1. The minimum Gasteiger partial charge on any atom is -0.456 e. The van der Waals surface area contributed by atoms with E-state index in [4.69, 9.17) is 20.9 Å². The fourth-order valence-electron chi connectivity index (χ4n) is 1.41. The molecule has 2 aromatic rings. The number of esters is 1. The average molecular weight is 255 g/mol. The highest BCUT2D eigenvalue weighted by Crippen LogP contribution is 2.15. The van der Waals surface area contributed by atoms with Crippen LogP contribution in [0, 0.1) is 13.8 Å². The molecule has 0 aromatic carbocycles. The Kier molecular flexibility index (Phi) is 3.19. The van der Waals surface area contributed by atoms with E-state index in [9.17, 15) is 4.79 Å². The Bertz CT molecular complexity index is 525. The summed E-state index contributed by atoms with van der Waals surface area (Å²) in [7, 11) is 0. The van der Waals surface area contributed by atoms with Crippen LogP contribution in [0.5, 0.6) is 0 Å². The Hall–Kier alpha value is -1.75. The largest absolute Gasteiger partial charge is 0.456 e. The quantitative estimate of drug-likeness (QED) is 0.855. The molecule has 5 nitrogen and oxygen atoms in total. The second-order valence-electron chi connectivity index (χ2n) is 3.61. The van der Waals surface area contributed by atoms with Gasteiger partial charge in [-0.3, -0.25) is 0 Å². The molecule has 0 saturated heterocycles. The zero-order chi connectivity index (χ0) is 12.4. The van der Waals surface area contributed by atoms with Gasteiger partial charge in [0.25, 0.3) is 0 Å². The molecule has 0 atom stereocenters. The highest BCUT2D eigenvalue weighted by Gasteiger charge is 2.14. The van der Waals surface area contributed by atoms with Gasteiger partial charge in [-0.1, -0.05) is 16.8 Å². The minimum absolute atomic E-state index is 0.136. The molecule has 17 heavy (non-hydrogen) atoms. The summed E-state index contributed by atoms with van der Waals surface area (Å²) < 4.78 is 10.1. The molecule has 2 rings (SSSR count). The van der Waals surface area contributed by atoms with E-state index in [1.165, 1.54) is 12.3 Å². The van der Waals surface area contributed by atoms with Crippen molar-refractivity contribution >= 4 is 17.6 Å². The Morgan fingerprint density at radius 1 is 1.59 bits per heavy atom. The molecule has 1 N–H and O–H groups in total. The molecule has 0 radical (unpaired) electrons. The van der Waals surface area contributed by atoms with Crippen molar-refractivity contribution in [1.29, 1.82) is 0 Å². The third-order valence-electron chi connectivity index (χ3n) is 2.40. The number of ether oxygens (including phenoxy) is 1. The van der Waals surface area contributed by atoms with E-state index in [0.29, 0.717) is 16.5 Å². The summed E-state index contributed by atoms with van der Waals surface area (Å²) in [6, 6.07) is 1.51. The number of H-pyrrole nitrogens is 1. The second kappa shape index (κ2) is 4.63. The Labute approximate surface area is 103 Å². The molecule has 0 amide bonds. The second-order valence-corrected chi connectivity index (χ2v) is 4.05. The summed E-state index contributed by atoms with van der Waals surface area (Å²) >= 11 is 5.69. The first-order chi connectivity index (χ1) is 8.08. The van der Waals surface area contributed by atoms with Crippen LogP contribution in [-0.2, 0) is 11.3 Å². The number of aryl methyl sites for hydroxylation is 2. The number of rotatable bonds is 3. The molecule has 2 heterocycles. The molecule has 0 spiro atoms. The van der Waals surface area contributed by atoms with E-state index in [2.05, 4.69) is 10.1 Å². The van der Waals surface area contributed by atoms with Crippen molar-refractivity contribution in [2.45, 2.75) is 20.5 Å². The van der Waals surface area contributed by atoms with Gasteiger partial charge in [-0.2, -0.15) is 0 Å².